The Hall–Kier alpha value is -1.32. The van der Waals surface area contributed by atoms with Crippen molar-refractivity contribution in [1.29, 1.82) is 0 Å². The molecule has 1 aliphatic rings. The van der Waals surface area contributed by atoms with Crippen molar-refractivity contribution in [2.24, 2.45) is 11.7 Å². The molecule has 3 atom stereocenters. The molecule has 3 unspecified atom stereocenters. The Kier molecular flexibility index (Phi) is 3.10. The van der Waals surface area contributed by atoms with Gasteiger partial charge < -0.3 is 16.0 Å². The minimum absolute atomic E-state index is 0.542. The van der Waals surface area contributed by atoms with Gasteiger partial charge in [-0.25, -0.2) is 0 Å². The standard InChI is InChI=1S/C15H21N3/c1-10-6-13(11(7-16)8-17-10)14-9-18-15-5-3-2-4-12(14)15/h2-5,9-11,13,17-18H,6-8,16H2,1H3. The van der Waals surface area contributed by atoms with Crippen molar-refractivity contribution in [3.05, 3.63) is 36.0 Å². The van der Waals surface area contributed by atoms with Crippen LogP contribution in [-0.2, 0) is 0 Å². The van der Waals surface area contributed by atoms with E-state index in [4.69, 9.17) is 5.73 Å². The number of H-pyrrole nitrogens is 1. The first kappa shape index (κ1) is 11.8. The zero-order valence-electron chi connectivity index (χ0n) is 10.8. The molecule has 18 heavy (non-hydrogen) atoms. The Balaban J connectivity index is 2.01. The lowest BCUT2D eigenvalue weighted by molar-refractivity contribution is 0.286. The molecule has 1 aromatic heterocycles. The molecule has 3 nitrogen and oxygen atoms in total. The number of hydrogen-bond acceptors (Lipinski definition) is 2. The summed E-state index contributed by atoms with van der Waals surface area (Å²) in [5, 5.41) is 4.89. The van der Waals surface area contributed by atoms with Crippen LogP contribution in [0.1, 0.15) is 24.8 Å². The lowest BCUT2D eigenvalue weighted by atomic mass is 9.79. The summed E-state index contributed by atoms with van der Waals surface area (Å²) in [5.41, 5.74) is 8.61. The van der Waals surface area contributed by atoms with Gasteiger partial charge in [-0.1, -0.05) is 18.2 Å². The Bertz CT molecular complexity index is 531. The van der Waals surface area contributed by atoms with Crippen molar-refractivity contribution in [1.82, 2.24) is 10.3 Å². The molecule has 1 saturated heterocycles. The highest BCUT2D eigenvalue weighted by Gasteiger charge is 2.30. The fourth-order valence-electron chi connectivity index (χ4n) is 3.18. The van der Waals surface area contributed by atoms with Crippen LogP contribution < -0.4 is 11.1 Å². The smallest absolute Gasteiger partial charge is 0.0456 e. The van der Waals surface area contributed by atoms with Crippen molar-refractivity contribution in [2.45, 2.75) is 25.3 Å². The highest BCUT2D eigenvalue weighted by atomic mass is 14.9. The van der Waals surface area contributed by atoms with Gasteiger partial charge in [-0.15, -0.1) is 0 Å². The molecule has 3 rings (SSSR count). The second-order valence-electron chi connectivity index (χ2n) is 5.44. The first-order chi connectivity index (χ1) is 8.79. The lowest BCUT2D eigenvalue weighted by Gasteiger charge is -2.35. The van der Waals surface area contributed by atoms with Crippen LogP contribution >= 0.6 is 0 Å². The molecule has 1 fully saturated rings. The summed E-state index contributed by atoms with van der Waals surface area (Å²) in [6, 6.07) is 9.12. The molecule has 4 N–H and O–H groups in total. The van der Waals surface area contributed by atoms with Gasteiger partial charge in [0.15, 0.2) is 0 Å². The normalized spacial score (nSPS) is 28.7. The van der Waals surface area contributed by atoms with Crippen molar-refractivity contribution in [2.75, 3.05) is 13.1 Å². The highest BCUT2D eigenvalue weighted by Crippen LogP contribution is 2.35. The van der Waals surface area contributed by atoms with Crippen LogP contribution in [0.25, 0.3) is 10.9 Å². The summed E-state index contributed by atoms with van der Waals surface area (Å²) in [6.45, 7) is 4.04. The Morgan fingerprint density at radius 3 is 3.00 bits per heavy atom. The largest absolute Gasteiger partial charge is 0.361 e. The van der Waals surface area contributed by atoms with Gasteiger partial charge in [0.05, 0.1) is 0 Å². The molecular weight excluding hydrogens is 222 g/mol. The van der Waals surface area contributed by atoms with E-state index in [1.54, 1.807) is 0 Å². The predicted octanol–water partition coefficient (Wildman–Crippen LogP) is 2.21. The van der Waals surface area contributed by atoms with Gasteiger partial charge in [0.25, 0.3) is 0 Å². The fraction of sp³-hybridized carbons (Fsp3) is 0.467. The third-order valence-electron chi connectivity index (χ3n) is 4.23. The average Bonchev–Trinajstić information content (AvgIpc) is 2.82. The molecule has 2 aromatic rings. The van der Waals surface area contributed by atoms with E-state index < -0.39 is 0 Å². The number of aromatic nitrogens is 1. The van der Waals surface area contributed by atoms with E-state index in [0.29, 0.717) is 17.9 Å². The van der Waals surface area contributed by atoms with E-state index in [2.05, 4.69) is 47.7 Å². The zero-order valence-corrected chi connectivity index (χ0v) is 10.8. The molecule has 1 aliphatic heterocycles. The van der Waals surface area contributed by atoms with Gasteiger partial charge in [0, 0.05) is 23.1 Å². The number of fused-ring (bicyclic) bond motifs is 1. The molecule has 0 radical (unpaired) electrons. The van der Waals surface area contributed by atoms with E-state index in [9.17, 15) is 0 Å². The summed E-state index contributed by atoms with van der Waals surface area (Å²) in [7, 11) is 0. The molecular formula is C15H21N3. The van der Waals surface area contributed by atoms with Crippen LogP contribution in [-0.4, -0.2) is 24.1 Å². The van der Waals surface area contributed by atoms with Crippen molar-refractivity contribution in [3.8, 4) is 0 Å². The molecule has 0 saturated carbocycles. The van der Waals surface area contributed by atoms with Crippen LogP contribution in [0, 0.1) is 5.92 Å². The van der Waals surface area contributed by atoms with Crippen LogP contribution in [0.5, 0.6) is 0 Å². The summed E-state index contributed by atoms with van der Waals surface area (Å²) < 4.78 is 0. The molecule has 96 valence electrons. The third-order valence-corrected chi connectivity index (χ3v) is 4.23. The van der Waals surface area contributed by atoms with Crippen LogP contribution in [0.4, 0.5) is 0 Å². The maximum Gasteiger partial charge on any atom is 0.0456 e. The minimum atomic E-state index is 0.542. The van der Waals surface area contributed by atoms with Crippen molar-refractivity contribution in [3.63, 3.8) is 0 Å². The van der Waals surface area contributed by atoms with E-state index in [-0.39, 0.29) is 0 Å². The predicted molar refractivity (Wildman–Crippen MR) is 75.7 cm³/mol. The number of hydrogen-bond donors (Lipinski definition) is 3. The number of para-hydroxylation sites is 1. The Morgan fingerprint density at radius 1 is 1.33 bits per heavy atom. The molecule has 0 amide bonds. The van der Waals surface area contributed by atoms with Gasteiger partial charge >= 0.3 is 0 Å². The summed E-state index contributed by atoms with van der Waals surface area (Å²) in [4.78, 5) is 3.38. The number of nitrogens with one attached hydrogen (secondary N) is 2. The lowest BCUT2D eigenvalue weighted by Crippen LogP contribution is -2.44. The van der Waals surface area contributed by atoms with Crippen molar-refractivity contribution >= 4 is 10.9 Å². The van der Waals surface area contributed by atoms with Gasteiger partial charge in [0.2, 0.25) is 0 Å². The number of rotatable bonds is 2. The second-order valence-corrected chi connectivity index (χ2v) is 5.44. The first-order valence-corrected chi connectivity index (χ1v) is 6.79. The topological polar surface area (TPSA) is 53.8 Å². The van der Waals surface area contributed by atoms with E-state index in [1.165, 1.54) is 22.9 Å². The van der Waals surface area contributed by atoms with Gasteiger partial charge in [-0.05, 0) is 49.9 Å². The van der Waals surface area contributed by atoms with Gasteiger partial charge in [-0.2, -0.15) is 0 Å². The molecule has 0 aliphatic carbocycles. The van der Waals surface area contributed by atoms with Gasteiger partial charge in [0.1, 0.15) is 0 Å². The van der Waals surface area contributed by atoms with Crippen LogP contribution in [0.3, 0.4) is 0 Å². The fourth-order valence-corrected chi connectivity index (χ4v) is 3.18. The monoisotopic (exact) mass is 243 g/mol. The Labute approximate surface area is 108 Å². The van der Waals surface area contributed by atoms with Crippen molar-refractivity contribution < 1.29 is 0 Å². The molecule has 1 aromatic carbocycles. The maximum atomic E-state index is 5.94. The molecule has 0 spiro atoms. The second kappa shape index (κ2) is 4.75. The quantitative estimate of drug-likeness (QED) is 0.757. The van der Waals surface area contributed by atoms with Gasteiger partial charge in [-0.3, -0.25) is 0 Å². The first-order valence-electron chi connectivity index (χ1n) is 6.79. The Morgan fingerprint density at radius 2 is 2.17 bits per heavy atom. The van der Waals surface area contributed by atoms with E-state index >= 15 is 0 Å². The molecule has 3 heteroatoms. The number of aromatic amines is 1. The summed E-state index contributed by atoms with van der Waals surface area (Å²) >= 11 is 0. The van der Waals surface area contributed by atoms with Crippen LogP contribution in [0.2, 0.25) is 0 Å². The number of piperidine rings is 1. The molecule has 0 bridgehead atoms. The van der Waals surface area contributed by atoms with E-state index in [0.717, 1.165) is 13.1 Å². The third kappa shape index (κ3) is 1.93. The number of benzene rings is 1. The SMILES string of the molecule is CC1CC(c2c[nH]c3ccccc23)C(CN)CN1. The highest BCUT2D eigenvalue weighted by molar-refractivity contribution is 5.83. The summed E-state index contributed by atoms with van der Waals surface area (Å²) in [5.74, 6) is 1.11. The van der Waals surface area contributed by atoms with E-state index in [1.807, 2.05) is 0 Å². The molecule has 2 heterocycles. The summed E-state index contributed by atoms with van der Waals surface area (Å²) in [6.07, 6.45) is 3.35. The van der Waals surface area contributed by atoms with Crippen LogP contribution in [0.15, 0.2) is 30.5 Å². The minimum Gasteiger partial charge on any atom is -0.361 e. The zero-order chi connectivity index (χ0) is 12.5. The number of nitrogens with two attached hydrogens (primary N) is 1. The average molecular weight is 243 g/mol. The maximum absolute atomic E-state index is 5.94.